The van der Waals surface area contributed by atoms with Gasteiger partial charge < -0.3 is 0 Å². The van der Waals surface area contributed by atoms with Gasteiger partial charge in [0.05, 0.1) is 4.90 Å². The van der Waals surface area contributed by atoms with E-state index in [0.717, 1.165) is 6.07 Å². The highest BCUT2D eigenvalue weighted by molar-refractivity contribution is 9.10. The first-order chi connectivity index (χ1) is 9.87. The Bertz CT molecular complexity index is 730. The molecule has 2 aromatic carbocycles. The lowest BCUT2D eigenvalue weighted by atomic mass is 10.1. The molecule has 0 saturated heterocycles. The summed E-state index contributed by atoms with van der Waals surface area (Å²) in [7, 11) is -3.64. The molecule has 21 heavy (non-hydrogen) atoms. The van der Waals surface area contributed by atoms with Crippen LogP contribution in [0.3, 0.4) is 0 Å². The maximum Gasteiger partial charge on any atom is 0.240 e. The van der Waals surface area contributed by atoms with Crippen molar-refractivity contribution < 1.29 is 17.2 Å². The van der Waals surface area contributed by atoms with Crippen molar-refractivity contribution in [1.82, 2.24) is 4.72 Å². The van der Waals surface area contributed by atoms with Gasteiger partial charge in [0.1, 0.15) is 11.6 Å². The summed E-state index contributed by atoms with van der Waals surface area (Å²) in [5, 5.41) is 0. The Balaban J connectivity index is 2.02. The van der Waals surface area contributed by atoms with Gasteiger partial charge in [0, 0.05) is 17.1 Å². The van der Waals surface area contributed by atoms with Gasteiger partial charge in [-0.3, -0.25) is 0 Å². The lowest BCUT2D eigenvalue weighted by molar-refractivity contribution is 0.576. The first-order valence-electron chi connectivity index (χ1n) is 6.07. The van der Waals surface area contributed by atoms with E-state index in [-0.39, 0.29) is 17.9 Å². The Hall–Kier alpha value is -1.31. The Morgan fingerprint density at radius 2 is 1.71 bits per heavy atom. The first kappa shape index (κ1) is 16.1. The molecule has 0 aromatic heterocycles. The monoisotopic (exact) mass is 375 g/mol. The molecule has 0 saturated carbocycles. The zero-order valence-corrected chi connectivity index (χ0v) is 13.2. The zero-order valence-electron chi connectivity index (χ0n) is 10.8. The Morgan fingerprint density at radius 3 is 2.33 bits per heavy atom. The molecule has 0 spiro atoms. The van der Waals surface area contributed by atoms with Gasteiger partial charge in [-0.15, -0.1) is 0 Å². The third-order valence-electron chi connectivity index (χ3n) is 2.73. The van der Waals surface area contributed by atoms with Crippen molar-refractivity contribution >= 4 is 26.0 Å². The fourth-order valence-corrected chi connectivity index (χ4v) is 3.43. The van der Waals surface area contributed by atoms with Crippen LogP contribution >= 0.6 is 15.9 Å². The average molecular weight is 376 g/mol. The second kappa shape index (κ2) is 6.64. The molecular weight excluding hydrogens is 364 g/mol. The SMILES string of the molecule is O=S(=O)(NCCc1cc(F)cc(F)c1)c1cccc(Br)c1. The van der Waals surface area contributed by atoms with Crippen molar-refractivity contribution in [2.75, 3.05) is 6.54 Å². The van der Waals surface area contributed by atoms with Gasteiger partial charge in [-0.1, -0.05) is 22.0 Å². The van der Waals surface area contributed by atoms with Crippen molar-refractivity contribution in [2.45, 2.75) is 11.3 Å². The van der Waals surface area contributed by atoms with Crippen LogP contribution in [0.2, 0.25) is 0 Å². The quantitative estimate of drug-likeness (QED) is 0.871. The van der Waals surface area contributed by atoms with Gasteiger partial charge in [-0.25, -0.2) is 21.9 Å². The normalized spacial score (nSPS) is 11.6. The zero-order chi connectivity index (χ0) is 15.5. The van der Waals surface area contributed by atoms with Crippen molar-refractivity contribution in [3.63, 3.8) is 0 Å². The third kappa shape index (κ3) is 4.59. The second-order valence-corrected chi connectivity index (χ2v) is 7.07. The van der Waals surface area contributed by atoms with Crippen LogP contribution in [0.25, 0.3) is 0 Å². The third-order valence-corrected chi connectivity index (χ3v) is 4.69. The molecule has 0 fully saturated rings. The molecule has 1 N–H and O–H groups in total. The summed E-state index contributed by atoms with van der Waals surface area (Å²) in [6.45, 7) is 0.0533. The number of hydrogen-bond acceptors (Lipinski definition) is 2. The molecule has 0 bridgehead atoms. The number of hydrogen-bond donors (Lipinski definition) is 1. The number of halogens is 3. The number of benzene rings is 2. The molecular formula is C14H12BrF2NO2S. The Labute approximate surface area is 130 Å². The van der Waals surface area contributed by atoms with Crippen LogP contribution in [0.15, 0.2) is 51.8 Å². The molecule has 0 aliphatic heterocycles. The summed E-state index contributed by atoms with van der Waals surface area (Å²) >= 11 is 3.20. The van der Waals surface area contributed by atoms with Crippen molar-refractivity contribution in [1.29, 1.82) is 0 Å². The minimum atomic E-state index is -3.64. The van der Waals surface area contributed by atoms with Crippen LogP contribution in [-0.4, -0.2) is 15.0 Å². The van der Waals surface area contributed by atoms with E-state index >= 15 is 0 Å². The van der Waals surface area contributed by atoms with Crippen LogP contribution in [0.4, 0.5) is 8.78 Å². The highest BCUT2D eigenvalue weighted by Crippen LogP contribution is 2.16. The molecule has 3 nitrogen and oxygen atoms in total. The highest BCUT2D eigenvalue weighted by atomic mass is 79.9. The van der Waals surface area contributed by atoms with Crippen molar-refractivity contribution in [3.05, 3.63) is 64.1 Å². The molecule has 112 valence electrons. The van der Waals surface area contributed by atoms with Gasteiger partial charge in [0.15, 0.2) is 0 Å². The molecule has 0 aliphatic rings. The molecule has 0 unspecified atom stereocenters. The second-order valence-electron chi connectivity index (χ2n) is 4.38. The van der Waals surface area contributed by atoms with Crippen LogP contribution in [0.5, 0.6) is 0 Å². The summed E-state index contributed by atoms with van der Waals surface area (Å²) in [5.41, 5.74) is 0.393. The fourth-order valence-electron chi connectivity index (χ4n) is 1.80. The Kier molecular flexibility index (Phi) is 5.08. The maximum atomic E-state index is 13.0. The van der Waals surface area contributed by atoms with Gasteiger partial charge in [0.2, 0.25) is 10.0 Å². The standard InChI is InChI=1S/C14H12BrF2NO2S/c15-11-2-1-3-14(8-11)21(19,20)18-5-4-10-6-12(16)9-13(17)7-10/h1-3,6-9,18H,4-5H2. The van der Waals surface area contributed by atoms with Crippen LogP contribution in [0, 0.1) is 11.6 Å². The summed E-state index contributed by atoms with van der Waals surface area (Å²) in [6.07, 6.45) is 0.196. The van der Waals surface area contributed by atoms with E-state index in [4.69, 9.17) is 0 Å². The maximum absolute atomic E-state index is 13.0. The van der Waals surface area contributed by atoms with Crippen LogP contribution in [-0.2, 0) is 16.4 Å². The molecule has 7 heteroatoms. The topological polar surface area (TPSA) is 46.2 Å². The molecule has 0 amide bonds. The number of rotatable bonds is 5. The van der Waals surface area contributed by atoms with E-state index in [1.54, 1.807) is 12.1 Å². The minimum Gasteiger partial charge on any atom is -0.211 e. The van der Waals surface area contributed by atoms with Gasteiger partial charge in [-0.05, 0) is 42.3 Å². The molecule has 0 heterocycles. The van der Waals surface area contributed by atoms with E-state index < -0.39 is 21.7 Å². The van der Waals surface area contributed by atoms with Gasteiger partial charge in [0.25, 0.3) is 0 Å². The van der Waals surface area contributed by atoms with E-state index in [9.17, 15) is 17.2 Å². The number of nitrogens with one attached hydrogen (secondary N) is 1. The summed E-state index contributed by atoms with van der Waals surface area (Å²) in [4.78, 5) is 0.127. The molecule has 0 radical (unpaired) electrons. The van der Waals surface area contributed by atoms with Crippen molar-refractivity contribution in [2.24, 2.45) is 0 Å². The van der Waals surface area contributed by atoms with Crippen LogP contribution < -0.4 is 4.72 Å². The largest absolute Gasteiger partial charge is 0.240 e. The molecule has 0 aliphatic carbocycles. The summed E-state index contributed by atoms with van der Waals surface area (Å²) in [5.74, 6) is -1.36. The van der Waals surface area contributed by atoms with E-state index in [2.05, 4.69) is 20.7 Å². The average Bonchev–Trinajstić information content (AvgIpc) is 2.37. The molecule has 0 atom stereocenters. The molecule has 2 aromatic rings. The smallest absolute Gasteiger partial charge is 0.211 e. The van der Waals surface area contributed by atoms with Crippen molar-refractivity contribution in [3.8, 4) is 0 Å². The summed E-state index contributed by atoms with van der Waals surface area (Å²) in [6, 6.07) is 9.40. The van der Waals surface area contributed by atoms with Crippen LogP contribution in [0.1, 0.15) is 5.56 Å². The molecule has 2 rings (SSSR count). The highest BCUT2D eigenvalue weighted by Gasteiger charge is 2.13. The predicted molar refractivity (Wildman–Crippen MR) is 79.4 cm³/mol. The lowest BCUT2D eigenvalue weighted by Gasteiger charge is -2.07. The number of sulfonamides is 1. The van der Waals surface area contributed by atoms with Gasteiger partial charge >= 0.3 is 0 Å². The van der Waals surface area contributed by atoms with E-state index in [1.165, 1.54) is 24.3 Å². The predicted octanol–water partition coefficient (Wildman–Crippen LogP) is 3.25. The first-order valence-corrected chi connectivity index (χ1v) is 8.35. The Morgan fingerprint density at radius 1 is 1.05 bits per heavy atom. The van der Waals surface area contributed by atoms with E-state index in [1.807, 2.05) is 0 Å². The fraction of sp³-hybridized carbons (Fsp3) is 0.143. The lowest BCUT2D eigenvalue weighted by Crippen LogP contribution is -2.26. The minimum absolute atomic E-state index is 0.0533. The van der Waals surface area contributed by atoms with E-state index in [0.29, 0.717) is 10.0 Å². The summed E-state index contributed by atoms with van der Waals surface area (Å²) < 4.78 is 53.1. The van der Waals surface area contributed by atoms with Gasteiger partial charge in [-0.2, -0.15) is 0 Å².